The van der Waals surface area contributed by atoms with E-state index in [1.165, 1.54) is 0 Å². The van der Waals surface area contributed by atoms with E-state index in [0.717, 1.165) is 31.9 Å². The molecule has 0 bridgehead atoms. The lowest BCUT2D eigenvalue weighted by Gasteiger charge is -2.30. The van der Waals surface area contributed by atoms with Gasteiger partial charge in [0.05, 0.1) is 0 Å². The van der Waals surface area contributed by atoms with E-state index < -0.39 is 0 Å². The van der Waals surface area contributed by atoms with Crippen molar-refractivity contribution in [3.05, 3.63) is 18.5 Å². The third-order valence-electron chi connectivity index (χ3n) is 2.29. The lowest BCUT2D eigenvalue weighted by Crippen LogP contribution is -2.43. The molecule has 0 spiro atoms. The van der Waals surface area contributed by atoms with Gasteiger partial charge in [-0.3, -0.25) is 0 Å². The number of hydrogen-bond acceptors (Lipinski definition) is 4. The maximum absolute atomic E-state index is 5.87. The molecule has 1 aliphatic rings. The summed E-state index contributed by atoms with van der Waals surface area (Å²) in [5, 5.41) is 0. The topological polar surface area (TPSA) is 55.0 Å². The molecular formula is C9H14N4. The summed E-state index contributed by atoms with van der Waals surface area (Å²) in [6.07, 6.45) is 5.79. The normalized spacial score (nSPS) is 23.2. The summed E-state index contributed by atoms with van der Waals surface area (Å²) >= 11 is 0. The molecule has 4 heteroatoms. The monoisotopic (exact) mass is 178 g/mol. The highest BCUT2D eigenvalue weighted by molar-refractivity contribution is 5.29. The fraction of sp³-hybridized carbons (Fsp3) is 0.556. The second-order valence-corrected chi connectivity index (χ2v) is 3.40. The average molecular weight is 178 g/mol. The van der Waals surface area contributed by atoms with Crippen LogP contribution in [0.4, 0.5) is 5.95 Å². The molecule has 2 heterocycles. The minimum Gasteiger partial charge on any atom is -0.339 e. The predicted octanol–water partition coefficient (Wildman–Crippen LogP) is 0.404. The number of piperidine rings is 1. The lowest BCUT2D eigenvalue weighted by atomic mass is 10.1. The zero-order valence-electron chi connectivity index (χ0n) is 7.56. The molecule has 2 rings (SSSR count). The van der Waals surface area contributed by atoms with Crippen LogP contribution in [0, 0.1) is 0 Å². The highest BCUT2D eigenvalue weighted by atomic mass is 15.3. The van der Waals surface area contributed by atoms with E-state index in [4.69, 9.17) is 5.73 Å². The Morgan fingerprint density at radius 2 is 2.15 bits per heavy atom. The third kappa shape index (κ3) is 1.95. The average Bonchev–Trinajstić information content (AvgIpc) is 2.19. The van der Waals surface area contributed by atoms with Crippen molar-refractivity contribution in [1.29, 1.82) is 0 Å². The molecule has 0 saturated carbocycles. The smallest absolute Gasteiger partial charge is 0.225 e. The molecule has 1 aromatic heterocycles. The van der Waals surface area contributed by atoms with Crippen molar-refractivity contribution in [1.82, 2.24) is 9.97 Å². The van der Waals surface area contributed by atoms with Gasteiger partial charge in [-0.1, -0.05) is 0 Å². The van der Waals surface area contributed by atoms with E-state index >= 15 is 0 Å². The second-order valence-electron chi connectivity index (χ2n) is 3.40. The molecule has 13 heavy (non-hydrogen) atoms. The number of anilines is 1. The number of nitrogens with two attached hydrogens (primary N) is 1. The summed E-state index contributed by atoms with van der Waals surface area (Å²) in [4.78, 5) is 10.5. The second kappa shape index (κ2) is 3.70. The van der Waals surface area contributed by atoms with E-state index in [1.54, 1.807) is 12.4 Å². The molecule has 2 N–H and O–H groups in total. The summed E-state index contributed by atoms with van der Waals surface area (Å²) in [6.45, 7) is 1.90. The highest BCUT2D eigenvalue weighted by Gasteiger charge is 2.17. The number of nitrogens with zero attached hydrogens (tertiary/aromatic N) is 3. The van der Waals surface area contributed by atoms with Crippen LogP contribution in [0.25, 0.3) is 0 Å². The van der Waals surface area contributed by atoms with Gasteiger partial charge in [-0.2, -0.15) is 0 Å². The van der Waals surface area contributed by atoms with Crippen LogP contribution in [0.5, 0.6) is 0 Å². The minimum atomic E-state index is 0.276. The summed E-state index contributed by atoms with van der Waals surface area (Å²) < 4.78 is 0. The Bertz CT molecular complexity index is 262. The van der Waals surface area contributed by atoms with Gasteiger partial charge in [0, 0.05) is 31.5 Å². The molecule has 0 aliphatic carbocycles. The molecule has 4 nitrogen and oxygen atoms in total. The molecule has 1 aromatic rings. The Balaban J connectivity index is 2.08. The van der Waals surface area contributed by atoms with Gasteiger partial charge in [-0.15, -0.1) is 0 Å². The van der Waals surface area contributed by atoms with Gasteiger partial charge < -0.3 is 10.6 Å². The van der Waals surface area contributed by atoms with Crippen LogP contribution >= 0.6 is 0 Å². The van der Waals surface area contributed by atoms with Crippen molar-refractivity contribution in [2.75, 3.05) is 18.0 Å². The molecule has 0 radical (unpaired) electrons. The first-order chi connectivity index (χ1) is 6.36. The molecule has 1 aliphatic heterocycles. The number of aromatic nitrogens is 2. The Hall–Kier alpha value is -1.16. The first kappa shape index (κ1) is 8.44. The van der Waals surface area contributed by atoms with Crippen LogP contribution < -0.4 is 10.6 Å². The molecule has 1 fully saturated rings. The van der Waals surface area contributed by atoms with E-state index in [1.807, 2.05) is 6.07 Å². The summed E-state index contributed by atoms with van der Waals surface area (Å²) in [6, 6.07) is 2.10. The van der Waals surface area contributed by atoms with Crippen molar-refractivity contribution in [3.8, 4) is 0 Å². The van der Waals surface area contributed by atoms with Crippen molar-refractivity contribution in [2.45, 2.75) is 18.9 Å². The van der Waals surface area contributed by atoms with Crippen molar-refractivity contribution in [2.24, 2.45) is 5.73 Å². The lowest BCUT2D eigenvalue weighted by molar-refractivity contribution is 0.500. The highest BCUT2D eigenvalue weighted by Crippen LogP contribution is 2.13. The summed E-state index contributed by atoms with van der Waals surface area (Å²) in [5.41, 5.74) is 5.87. The predicted molar refractivity (Wildman–Crippen MR) is 51.5 cm³/mol. The Kier molecular flexibility index (Phi) is 2.40. The fourth-order valence-electron chi connectivity index (χ4n) is 1.65. The number of rotatable bonds is 1. The van der Waals surface area contributed by atoms with E-state index in [9.17, 15) is 0 Å². The molecule has 0 aromatic carbocycles. The molecule has 0 amide bonds. The molecule has 70 valence electrons. The van der Waals surface area contributed by atoms with Crippen molar-refractivity contribution in [3.63, 3.8) is 0 Å². The zero-order valence-corrected chi connectivity index (χ0v) is 7.56. The van der Waals surface area contributed by atoms with Gasteiger partial charge in [0.25, 0.3) is 0 Å². The van der Waals surface area contributed by atoms with Gasteiger partial charge in [-0.25, -0.2) is 9.97 Å². The van der Waals surface area contributed by atoms with Crippen molar-refractivity contribution < 1.29 is 0 Å². The van der Waals surface area contributed by atoms with Crippen LogP contribution in [0.1, 0.15) is 12.8 Å². The van der Waals surface area contributed by atoms with Gasteiger partial charge in [0.1, 0.15) is 0 Å². The van der Waals surface area contributed by atoms with E-state index in [0.29, 0.717) is 0 Å². The SMILES string of the molecule is N[C@H]1CCCN(c2ncccn2)C1. The summed E-state index contributed by atoms with van der Waals surface area (Å²) in [7, 11) is 0. The zero-order chi connectivity index (χ0) is 9.10. The van der Waals surface area contributed by atoms with Gasteiger partial charge >= 0.3 is 0 Å². The largest absolute Gasteiger partial charge is 0.339 e. The van der Waals surface area contributed by atoms with Crippen LogP contribution in [0.2, 0.25) is 0 Å². The van der Waals surface area contributed by atoms with Crippen molar-refractivity contribution >= 4 is 5.95 Å². The van der Waals surface area contributed by atoms with Gasteiger partial charge in [-0.05, 0) is 18.9 Å². The first-order valence-corrected chi connectivity index (χ1v) is 4.64. The maximum Gasteiger partial charge on any atom is 0.225 e. The Labute approximate surface area is 77.8 Å². The Morgan fingerprint density at radius 1 is 1.38 bits per heavy atom. The maximum atomic E-state index is 5.87. The molecular weight excluding hydrogens is 164 g/mol. The fourth-order valence-corrected chi connectivity index (χ4v) is 1.65. The van der Waals surface area contributed by atoms with Crippen LogP contribution in [0.15, 0.2) is 18.5 Å². The minimum absolute atomic E-state index is 0.276. The summed E-state index contributed by atoms with van der Waals surface area (Å²) in [5.74, 6) is 0.803. The standard InChI is InChI=1S/C9H14N4/c10-8-3-1-6-13(7-8)9-11-4-2-5-12-9/h2,4-5,8H,1,3,6-7,10H2/t8-/m0/s1. The number of hydrogen-bond donors (Lipinski definition) is 1. The van der Waals surface area contributed by atoms with Gasteiger partial charge in [0.15, 0.2) is 0 Å². The van der Waals surface area contributed by atoms with Gasteiger partial charge in [0.2, 0.25) is 5.95 Å². The first-order valence-electron chi connectivity index (χ1n) is 4.64. The molecule has 1 saturated heterocycles. The quantitative estimate of drug-likeness (QED) is 0.676. The van der Waals surface area contributed by atoms with Crippen LogP contribution in [-0.2, 0) is 0 Å². The van der Waals surface area contributed by atoms with Crippen LogP contribution in [0.3, 0.4) is 0 Å². The third-order valence-corrected chi connectivity index (χ3v) is 2.29. The van der Waals surface area contributed by atoms with E-state index in [-0.39, 0.29) is 6.04 Å². The Morgan fingerprint density at radius 3 is 2.85 bits per heavy atom. The van der Waals surface area contributed by atoms with E-state index in [2.05, 4.69) is 14.9 Å². The van der Waals surface area contributed by atoms with Crippen LogP contribution in [-0.4, -0.2) is 29.1 Å². The molecule has 0 unspecified atom stereocenters. The molecule has 1 atom stereocenters.